The average Bonchev–Trinajstić information content (AvgIpc) is 3.23. The number of nitrogen functional groups attached to an aromatic ring is 1. The van der Waals surface area contributed by atoms with Crippen molar-refractivity contribution in [1.82, 2.24) is 15.2 Å². The van der Waals surface area contributed by atoms with Crippen LogP contribution >= 0.6 is 23.1 Å². The van der Waals surface area contributed by atoms with Gasteiger partial charge >= 0.3 is 12.1 Å². The molecule has 1 fully saturated rings. The Labute approximate surface area is 201 Å². The van der Waals surface area contributed by atoms with Crippen molar-refractivity contribution in [2.24, 2.45) is 5.16 Å². The van der Waals surface area contributed by atoms with Gasteiger partial charge in [0.2, 0.25) is 6.29 Å². The minimum atomic E-state index is -1.29. The Morgan fingerprint density at radius 2 is 2.12 bits per heavy atom. The molecule has 1 aromatic heterocycles. The van der Waals surface area contributed by atoms with Gasteiger partial charge in [-0.15, -0.1) is 23.1 Å². The summed E-state index contributed by atoms with van der Waals surface area (Å²) in [7, 11) is 2.53. The Bertz CT molecular complexity index is 1060. The summed E-state index contributed by atoms with van der Waals surface area (Å²) in [4.78, 5) is 54.7. The number of hydrogen-bond donors (Lipinski definition) is 3. The Kier molecular flexibility index (Phi) is 7.95. The summed E-state index contributed by atoms with van der Waals surface area (Å²) in [5.74, 6) is -2.05. The van der Waals surface area contributed by atoms with Crippen LogP contribution in [-0.4, -0.2) is 89.0 Å². The number of carbonyl (C=O) groups is 4. The fraction of sp³-hybridized carbons (Fsp3) is 0.444. The number of anilines is 1. The number of hydrogen-bond acceptors (Lipinski definition) is 14. The molecule has 3 atom stereocenters. The van der Waals surface area contributed by atoms with Gasteiger partial charge in [-0.2, -0.15) is 0 Å². The van der Waals surface area contributed by atoms with Crippen LogP contribution in [0.5, 0.6) is 0 Å². The van der Waals surface area contributed by atoms with Crippen molar-refractivity contribution in [3.8, 4) is 0 Å². The van der Waals surface area contributed by atoms with Crippen LogP contribution < -0.4 is 11.1 Å². The molecule has 0 bridgehead atoms. The number of carbonyl (C=O) groups excluding carboxylic acids is 4. The van der Waals surface area contributed by atoms with Gasteiger partial charge in [-0.05, 0) is 5.57 Å². The van der Waals surface area contributed by atoms with Crippen molar-refractivity contribution in [1.29, 1.82) is 0 Å². The zero-order valence-electron chi connectivity index (χ0n) is 18.2. The highest BCUT2D eigenvalue weighted by Crippen LogP contribution is 2.40. The lowest BCUT2D eigenvalue weighted by Gasteiger charge is -2.49. The predicted octanol–water partition coefficient (Wildman–Crippen LogP) is -0.124. The van der Waals surface area contributed by atoms with Gasteiger partial charge in [0, 0.05) is 25.2 Å². The maximum absolute atomic E-state index is 12.9. The van der Waals surface area contributed by atoms with Crippen molar-refractivity contribution in [2.75, 3.05) is 32.3 Å². The SMILES string of the molecule is COCC1=C(C(=O)OC(C)OC(=O)OC)N2C(=O)C(NC(=O)/C(=N\O)c3csc(N)n3)[C@H]2SC1. The second kappa shape index (κ2) is 10.7. The van der Waals surface area contributed by atoms with Gasteiger partial charge in [0.1, 0.15) is 22.8 Å². The molecule has 1 saturated heterocycles. The van der Waals surface area contributed by atoms with Crippen LogP contribution in [-0.2, 0) is 33.3 Å². The summed E-state index contributed by atoms with van der Waals surface area (Å²) >= 11 is 2.34. The number of esters is 1. The fourth-order valence-electron chi connectivity index (χ4n) is 3.19. The molecule has 0 aliphatic carbocycles. The molecule has 3 heterocycles. The van der Waals surface area contributed by atoms with Crippen LogP contribution in [0.4, 0.5) is 9.93 Å². The van der Waals surface area contributed by atoms with Gasteiger partial charge in [-0.25, -0.2) is 14.6 Å². The lowest BCUT2D eigenvalue weighted by atomic mass is 10.0. The summed E-state index contributed by atoms with van der Waals surface area (Å²) in [6.07, 6.45) is -2.33. The number of thioether (sulfide) groups is 1. The third-order valence-electron chi connectivity index (χ3n) is 4.63. The molecule has 1 aromatic rings. The monoisotopic (exact) mass is 515 g/mol. The summed E-state index contributed by atoms with van der Waals surface area (Å²) < 4.78 is 19.4. The zero-order chi connectivity index (χ0) is 25.0. The number of β-lactam (4-membered cyclic amide) rings is 1. The highest BCUT2D eigenvalue weighted by molar-refractivity contribution is 8.00. The van der Waals surface area contributed by atoms with E-state index >= 15 is 0 Å². The molecule has 0 saturated carbocycles. The maximum atomic E-state index is 12.9. The van der Waals surface area contributed by atoms with Gasteiger partial charge in [0.25, 0.3) is 11.8 Å². The number of amides is 2. The zero-order valence-corrected chi connectivity index (χ0v) is 19.8. The number of nitrogens with zero attached hydrogens (tertiary/aromatic N) is 3. The van der Waals surface area contributed by atoms with Gasteiger partial charge in [0.15, 0.2) is 10.8 Å². The van der Waals surface area contributed by atoms with Gasteiger partial charge in [0.05, 0.1) is 13.7 Å². The lowest BCUT2D eigenvalue weighted by molar-refractivity contribution is -0.168. The number of thiazole rings is 1. The molecule has 3 rings (SSSR count). The molecule has 0 aromatic carbocycles. The first-order chi connectivity index (χ1) is 16.2. The van der Waals surface area contributed by atoms with Crippen molar-refractivity contribution in [3.63, 3.8) is 0 Å². The summed E-state index contributed by atoms with van der Waals surface area (Å²) in [5.41, 5.74) is 5.60. The van der Waals surface area contributed by atoms with Crippen LogP contribution in [0.15, 0.2) is 21.8 Å². The number of ether oxygens (including phenoxy) is 4. The van der Waals surface area contributed by atoms with E-state index in [0.29, 0.717) is 11.3 Å². The molecule has 2 unspecified atom stereocenters. The molecule has 34 heavy (non-hydrogen) atoms. The minimum Gasteiger partial charge on any atom is -0.438 e. The fourth-order valence-corrected chi connectivity index (χ4v) is 5.07. The van der Waals surface area contributed by atoms with E-state index in [0.717, 1.165) is 18.4 Å². The molecule has 0 spiro atoms. The third kappa shape index (κ3) is 5.07. The van der Waals surface area contributed by atoms with E-state index in [1.54, 1.807) is 0 Å². The standard InChI is InChI=1S/C18H21N5O9S2/c1-7(32-18(27)30-3)31-16(26)12-8(4-29-2)5-33-15-11(14(25)23(12)15)21-13(24)10(22-28)9-6-34-17(19)20-9/h6-7,11,15,28H,4-5H2,1-3H3,(H2,19,20)(H,21,24)/b22-10-/t7?,11?,15-/m1/s1. The average molecular weight is 516 g/mol. The van der Waals surface area contributed by atoms with Crippen LogP contribution in [0.3, 0.4) is 0 Å². The second-order valence-electron chi connectivity index (χ2n) is 6.81. The Hall–Kier alpha value is -3.37. The van der Waals surface area contributed by atoms with E-state index in [1.807, 2.05) is 0 Å². The van der Waals surface area contributed by atoms with Gasteiger partial charge < -0.3 is 35.2 Å². The van der Waals surface area contributed by atoms with E-state index in [2.05, 4.69) is 20.2 Å². The second-order valence-corrected chi connectivity index (χ2v) is 8.81. The summed E-state index contributed by atoms with van der Waals surface area (Å²) in [6.45, 7) is 1.35. The number of nitrogens with one attached hydrogen (secondary N) is 1. The topological polar surface area (TPSA) is 192 Å². The highest BCUT2D eigenvalue weighted by Gasteiger charge is 2.55. The molecule has 2 aliphatic rings. The predicted molar refractivity (Wildman–Crippen MR) is 118 cm³/mol. The van der Waals surface area contributed by atoms with Crippen LogP contribution in [0, 0.1) is 0 Å². The highest BCUT2D eigenvalue weighted by atomic mass is 32.2. The molecule has 184 valence electrons. The summed E-state index contributed by atoms with van der Waals surface area (Å²) in [5, 5.41) is 15.7. The van der Waals surface area contributed by atoms with E-state index in [-0.39, 0.29) is 23.1 Å². The van der Waals surface area contributed by atoms with Crippen LogP contribution in [0.2, 0.25) is 0 Å². The Balaban J connectivity index is 1.75. The van der Waals surface area contributed by atoms with Crippen LogP contribution in [0.25, 0.3) is 0 Å². The summed E-state index contributed by atoms with van der Waals surface area (Å²) in [6, 6.07) is -1.01. The molecular formula is C18H21N5O9S2. The number of nitrogens with two attached hydrogens (primary N) is 1. The van der Waals surface area contributed by atoms with Crippen molar-refractivity contribution >= 4 is 57.9 Å². The molecule has 2 amide bonds. The Morgan fingerprint density at radius 3 is 2.71 bits per heavy atom. The van der Waals surface area contributed by atoms with E-state index in [9.17, 15) is 24.4 Å². The number of fused-ring (bicyclic) bond motifs is 1. The molecule has 4 N–H and O–H groups in total. The first-order valence-electron chi connectivity index (χ1n) is 9.57. The minimum absolute atomic E-state index is 0.0454. The van der Waals surface area contributed by atoms with Gasteiger partial charge in [-0.3, -0.25) is 14.5 Å². The molecule has 2 aliphatic heterocycles. The molecule has 0 radical (unpaired) electrons. The molecular weight excluding hydrogens is 494 g/mol. The number of methoxy groups -OCH3 is 2. The number of rotatable bonds is 8. The Morgan fingerprint density at radius 1 is 1.38 bits per heavy atom. The normalized spacial score (nSPS) is 20.7. The van der Waals surface area contributed by atoms with E-state index < -0.39 is 47.4 Å². The largest absolute Gasteiger partial charge is 0.511 e. The van der Waals surface area contributed by atoms with E-state index in [1.165, 1.54) is 36.1 Å². The maximum Gasteiger partial charge on any atom is 0.511 e. The number of aromatic nitrogens is 1. The quantitative estimate of drug-likeness (QED) is 0.104. The molecule has 16 heteroatoms. The van der Waals surface area contributed by atoms with E-state index in [4.69, 9.17) is 19.9 Å². The van der Waals surface area contributed by atoms with Crippen molar-refractivity contribution < 1.29 is 43.3 Å². The number of oxime groups is 1. The smallest absolute Gasteiger partial charge is 0.438 e. The first-order valence-corrected chi connectivity index (χ1v) is 11.5. The molecule has 14 nitrogen and oxygen atoms in total. The lowest BCUT2D eigenvalue weighted by Crippen LogP contribution is -2.71. The van der Waals surface area contributed by atoms with Crippen molar-refractivity contribution in [3.05, 3.63) is 22.3 Å². The van der Waals surface area contributed by atoms with Crippen LogP contribution in [0.1, 0.15) is 12.6 Å². The first kappa shape index (κ1) is 25.3. The van der Waals surface area contributed by atoms with Crippen molar-refractivity contribution in [2.45, 2.75) is 24.6 Å². The third-order valence-corrected chi connectivity index (χ3v) is 6.64. The van der Waals surface area contributed by atoms with Gasteiger partial charge in [-0.1, -0.05) is 5.16 Å².